The predicted molar refractivity (Wildman–Crippen MR) is 154 cm³/mol. The Labute approximate surface area is 264 Å². The molecule has 5 N–H and O–H groups in total. The number of benzene rings is 3. The van der Waals surface area contributed by atoms with E-state index in [0.717, 1.165) is 6.92 Å². The van der Waals surface area contributed by atoms with Gasteiger partial charge in [0.05, 0.1) is 23.6 Å². The minimum atomic E-state index is -2.42. The van der Waals surface area contributed by atoms with E-state index in [-0.39, 0.29) is 12.0 Å². The van der Waals surface area contributed by atoms with Gasteiger partial charge in [-0.15, -0.1) is 0 Å². The third kappa shape index (κ3) is 7.68. The molecule has 1 fully saturated rings. The van der Waals surface area contributed by atoms with E-state index in [1.165, 1.54) is 31.2 Å². The van der Waals surface area contributed by atoms with Crippen molar-refractivity contribution in [2.45, 2.75) is 57.0 Å². The molecule has 3 amide bonds. The molecule has 0 radical (unpaired) electrons. The molecule has 0 aromatic heterocycles. The quantitative estimate of drug-likeness (QED) is 0.118. The molecular formula is C32H30F5N3O7. The van der Waals surface area contributed by atoms with Gasteiger partial charge in [0.25, 0.3) is 5.91 Å². The third-order valence-electron chi connectivity index (χ3n) is 7.76. The fourth-order valence-corrected chi connectivity index (χ4v) is 5.04. The van der Waals surface area contributed by atoms with Crippen LogP contribution in [-0.2, 0) is 32.0 Å². The Bertz CT molecular complexity index is 1650. The number of hydrogen-bond donors (Lipinski definition) is 5. The minimum Gasteiger partial charge on any atom is -0.507 e. The van der Waals surface area contributed by atoms with E-state index in [4.69, 9.17) is 4.74 Å². The number of rotatable bonds is 6. The second-order valence-corrected chi connectivity index (χ2v) is 11.0. The van der Waals surface area contributed by atoms with Crippen LogP contribution in [0, 0.1) is 35.0 Å². The van der Waals surface area contributed by atoms with E-state index < -0.39 is 107 Å². The van der Waals surface area contributed by atoms with E-state index in [1.54, 1.807) is 30.3 Å². The van der Waals surface area contributed by atoms with Crippen molar-refractivity contribution in [1.29, 1.82) is 0 Å². The van der Waals surface area contributed by atoms with Gasteiger partial charge < -0.3 is 30.9 Å². The van der Waals surface area contributed by atoms with Gasteiger partial charge in [-0.1, -0.05) is 49.4 Å². The number of phenolic OH excluding ortho intramolecular Hbond substituents is 1. The van der Waals surface area contributed by atoms with Crippen molar-refractivity contribution in [2.75, 3.05) is 0 Å². The normalized spacial score (nSPS) is 23.9. The minimum absolute atomic E-state index is 0.115. The van der Waals surface area contributed by atoms with Crippen LogP contribution in [0.5, 0.6) is 5.75 Å². The van der Waals surface area contributed by atoms with Crippen molar-refractivity contribution in [3.8, 4) is 5.75 Å². The molecule has 3 aromatic carbocycles. The maximum Gasteiger partial charge on any atom is 0.329 e. The van der Waals surface area contributed by atoms with Gasteiger partial charge in [-0.05, 0) is 24.6 Å². The summed E-state index contributed by atoms with van der Waals surface area (Å²) in [5.41, 5.74) is -1.10. The molecule has 1 aliphatic rings. The van der Waals surface area contributed by atoms with E-state index in [0.29, 0.717) is 5.56 Å². The second kappa shape index (κ2) is 14.6. The Morgan fingerprint density at radius 1 is 0.809 bits per heavy atom. The highest BCUT2D eigenvalue weighted by Crippen LogP contribution is 2.26. The van der Waals surface area contributed by atoms with Crippen molar-refractivity contribution in [3.63, 3.8) is 0 Å². The van der Waals surface area contributed by atoms with Gasteiger partial charge in [-0.3, -0.25) is 14.4 Å². The molecule has 1 aliphatic heterocycles. The summed E-state index contributed by atoms with van der Waals surface area (Å²) in [5.74, 6) is -17.7. The first-order valence-electron chi connectivity index (χ1n) is 14.3. The Morgan fingerprint density at radius 3 is 2.00 bits per heavy atom. The molecule has 0 spiro atoms. The highest BCUT2D eigenvalue weighted by atomic mass is 19.2. The van der Waals surface area contributed by atoms with Crippen LogP contribution in [0.3, 0.4) is 0 Å². The van der Waals surface area contributed by atoms with Crippen molar-refractivity contribution in [3.05, 3.63) is 100 Å². The van der Waals surface area contributed by atoms with Crippen LogP contribution < -0.4 is 16.0 Å². The topological polar surface area (TPSA) is 154 Å². The largest absolute Gasteiger partial charge is 0.507 e. The van der Waals surface area contributed by atoms with Gasteiger partial charge in [-0.25, -0.2) is 26.7 Å². The molecule has 47 heavy (non-hydrogen) atoms. The molecule has 0 aliphatic carbocycles. The van der Waals surface area contributed by atoms with Gasteiger partial charge in [0, 0.05) is 18.4 Å². The lowest BCUT2D eigenvalue weighted by Crippen LogP contribution is -2.61. The highest BCUT2D eigenvalue weighted by Gasteiger charge is 2.40. The molecule has 4 rings (SSSR count). The van der Waals surface area contributed by atoms with Crippen LogP contribution in [0.4, 0.5) is 22.0 Å². The summed E-state index contributed by atoms with van der Waals surface area (Å²) < 4.78 is 76.7. The molecule has 6 atom stereocenters. The van der Waals surface area contributed by atoms with Crippen LogP contribution in [-0.4, -0.2) is 64.2 Å². The molecule has 1 heterocycles. The monoisotopic (exact) mass is 663 g/mol. The fourth-order valence-electron chi connectivity index (χ4n) is 5.04. The first-order valence-corrected chi connectivity index (χ1v) is 14.3. The van der Waals surface area contributed by atoms with E-state index in [1.807, 2.05) is 0 Å². The van der Waals surface area contributed by atoms with Gasteiger partial charge >= 0.3 is 5.97 Å². The zero-order chi connectivity index (χ0) is 34.6. The zero-order valence-electron chi connectivity index (χ0n) is 24.9. The SMILES string of the molecule is C[C@H]1OC(=O)C(Cc2ccccc2)NC(=O)[C@H](C)[C@H](O)[C@H](Cc2c(F)c(F)c(F)c(F)c2F)NC(=O)[C@H]1NC(=O)c1ccccc1O. The summed E-state index contributed by atoms with van der Waals surface area (Å²) >= 11 is 0. The second-order valence-electron chi connectivity index (χ2n) is 11.0. The molecule has 250 valence electrons. The maximum atomic E-state index is 14.7. The number of halogens is 5. The maximum absolute atomic E-state index is 14.7. The number of aliphatic hydroxyl groups is 1. The van der Waals surface area contributed by atoms with Gasteiger partial charge in [0.2, 0.25) is 17.6 Å². The molecule has 0 saturated carbocycles. The summed E-state index contributed by atoms with van der Waals surface area (Å²) in [7, 11) is 0. The molecule has 1 unspecified atom stereocenters. The van der Waals surface area contributed by atoms with Crippen molar-refractivity contribution in [1.82, 2.24) is 16.0 Å². The summed E-state index contributed by atoms with van der Waals surface area (Å²) in [6.07, 6.45) is -4.86. The molecule has 15 heteroatoms. The summed E-state index contributed by atoms with van der Waals surface area (Å²) in [6, 6.07) is 8.51. The Kier molecular flexibility index (Phi) is 10.8. The van der Waals surface area contributed by atoms with Crippen LogP contribution in [0.2, 0.25) is 0 Å². The summed E-state index contributed by atoms with van der Waals surface area (Å²) in [6.45, 7) is 2.35. The number of carbonyl (C=O) groups is 4. The van der Waals surface area contributed by atoms with Gasteiger partial charge in [-0.2, -0.15) is 0 Å². The molecule has 1 saturated heterocycles. The van der Waals surface area contributed by atoms with Gasteiger partial charge in [0.1, 0.15) is 23.9 Å². The first kappa shape index (κ1) is 34.8. The number of carbonyl (C=O) groups excluding carboxylic acids is 4. The predicted octanol–water partition coefficient (Wildman–Crippen LogP) is 2.58. The Balaban J connectivity index is 1.77. The van der Waals surface area contributed by atoms with Crippen molar-refractivity contribution < 1.29 is 56.1 Å². The van der Waals surface area contributed by atoms with Crippen LogP contribution >= 0.6 is 0 Å². The van der Waals surface area contributed by atoms with Crippen LogP contribution in [0.1, 0.15) is 35.3 Å². The summed E-state index contributed by atoms with van der Waals surface area (Å²) in [4.78, 5) is 53.4. The fraction of sp³-hybridized carbons (Fsp3) is 0.312. The zero-order valence-corrected chi connectivity index (χ0v) is 24.9. The number of amides is 3. The number of para-hydroxylation sites is 1. The molecule has 3 aromatic rings. The lowest BCUT2D eigenvalue weighted by molar-refractivity contribution is -0.156. The van der Waals surface area contributed by atoms with Crippen molar-refractivity contribution >= 4 is 23.7 Å². The third-order valence-corrected chi connectivity index (χ3v) is 7.76. The number of cyclic esters (lactones) is 1. The Morgan fingerprint density at radius 2 is 1.38 bits per heavy atom. The highest BCUT2D eigenvalue weighted by molar-refractivity contribution is 6.00. The average Bonchev–Trinajstić information content (AvgIpc) is 3.05. The number of aliphatic hydroxyl groups excluding tert-OH is 1. The number of esters is 1. The first-order chi connectivity index (χ1) is 22.2. The number of ether oxygens (including phenoxy) is 1. The Hall–Kier alpha value is -5.05. The van der Waals surface area contributed by atoms with E-state index >= 15 is 0 Å². The van der Waals surface area contributed by atoms with E-state index in [2.05, 4.69) is 16.0 Å². The number of aromatic hydroxyl groups is 1. The van der Waals surface area contributed by atoms with Gasteiger partial charge in [0.15, 0.2) is 23.3 Å². The molecular weight excluding hydrogens is 633 g/mol. The number of hydrogen-bond acceptors (Lipinski definition) is 7. The smallest absolute Gasteiger partial charge is 0.329 e. The molecule has 0 bridgehead atoms. The standard InChI is InChI=1S/C32H30F5N3O7/c1-14-28(42)19(13-18-22(33)24(35)26(37)25(36)23(18)34)38-31(45)27(40-30(44)17-10-6-7-11-21(17)41)15(2)47-32(46)20(39-29(14)43)12-16-8-4-3-5-9-16/h3-11,14-15,19-20,27-28,41-42H,12-13H2,1-2H3,(H,38,45)(H,39,43)(H,40,44)/t14-,15-,19+,20?,27+,28+/m1/s1. The lowest BCUT2D eigenvalue weighted by atomic mass is 9.90. The average molecular weight is 664 g/mol. The number of phenols is 1. The van der Waals surface area contributed by atoms with Crippen molar-refractivity contribution in [2.24, 2.45) is 5.92 Å². The summed E-state index contributed by atoms with van der Waals surface area (Å²) in [5, 5.41) is 28.3. The lowest BCUT2D eigenvalue weighted by Gasteiger charge is -2.33. The molecule has 10 nitrogen and oxygen atoms in total. The van der Waals surface area contributed by atoms with E-state index in [9.17, 15) is 51.3 Å². The van der Waals surface area contributed by atoms with Crippen LogP contribution in [0.15, 0.2) is 54.6 Å². The number of nitrogens with one attached hydrogen (secondary N) is 3. The van der Waals surface area contributed by atoms with Crippen LogP contribution in [0.25, 0.3) is 0 Å².